The van der Waals surface area contributed by atoms with Crippen LogP contribution in [-0.2, 0) is 11.3 Å². The van der Waals surface area contributed by atoms with Crippen LogP contribution in [0.2, 0.25) is 0 Å². The molecule has 2 heterocycles. The van der Waals surface area contributed by atoms with E-state index in [-0.39, 0.29) is 30.6 Å². The summed E-state index contributed by atoms with van der Waals surface area (Å²) in [5.41, 5.74) is 4.49. The van der Waals surface area contributed by atoms with Crippen molar-refractivity contribution in [3.63, 3.8) is 0 Å². The SMILES string of the molecule is C[N+](C)(CCO)CCCOc1cc(CNc2nc3ccccc3n2[C@@H]2O[C@H](CO)[C@@H](O)[C@H]2O)ccc1-c1ccccc1.[I-]. The number of rotatable bonds is 13. The molecule has 0 saturated carbocycles. The van der Waals surface area contributed by atoms with Gasteiger partial charge in [0.1, 0.15) is 30.6 Å². The molecule has 4 atom stereocenters. The van der Waals surface area contributed by atoms with Crippen LogP contribution < -0.4 is 34.0 Å². The van der Waals surface area contributed by atoms with E-state index in [0.717, 1.165) is 45.4 Å². The molecule has 0 amide bonds. The summed E-state index contributed by atoms with van der Waals surface area (Å²) in [5, 5.41) is 43.5. The van der Waals surface area contributed by atoms with Crippen LogP contribution in [-0.4, -0.2) is 99.8 Å². The fourth-order valence-corrected chi connectivity index (χ4v) is 5.41. The summed E-state index contributed by atoms with van der Waals surface area (Å²) in [7, 11) is 4.21. The van der Waals surface area contributed by atoms with Gasteiger partial charge in [0.25, 0.3) is 0 Å². The first-order valence-electron chi connectivity index (χ1n) is 14.4. The Hall–Kier alpha value is -2.78. The Labute approximate surface area is 269 Å². The van der Waals surface area contributed by atoms with Gasteiger partial charge in [-0.15, -0.1) is 0 Å². The Kier molecular flexibility index (Phi) is 11.4. The molecule has 1 saturated heterocycles. The first-order chi connectivity index (χ1) is 20.3. The number of anilines is 1. The van der Waals surface area contributed by atoms with Crippen molar-refractivity contribution in [1.82, 2.24) is 9.55 Å². The van der Waals surface area contributed by atoms with Crippen molar-refractivity contribution in [3.05, 3.63) is 78.4 Å². The lowest BCUT2D eigenvalue weighted by Crippen LogP contribution is -3.00. The van der Waals surface area contributed by atoms with E-state index in [1.54, 1.807) is 4.57 Å². The molecule has 1 aliphatic rings. The highest BCUT2D eigenvalue weighted by Crippen LogP contribution is 2.36. The van der Waals surface area contributed by atoms with Gasteiger partial charge in [-0.05, 0) is 29.3 Å². The second-order valence-electron chi connectivity index (χ2n) is 11.4. The third-order valence-corrected chi connectivity index (χ3v) is 7.82. The number of aromatic nitrogens is 2. The van der Waals surface area contributed by atoms with Crippen LogP contribution in [0.25, 0.3) is 22.2 Å². The van der Waals surface area contributed by atoms with Crippen molar-refractivity contribution in [2.24, 2.45) is 0 Å². The molecule has 0 radical (unpaired) electrons. The minimum atomic E-state index is -1.23. The van der Waals surface area contributed by atoms with Crippen LogP contribution in [0, 0.1) is 0 Å². The monoisotopic (exact) mass is 704 g/mol. The van der Waals surface area contributed by atoms with Crippen molar-refractivity contribution >= 4 is 17.0 Å². The Morgan fingerprint density at radius 3 is 2.42 bits per heavy atom. The number of benzene rings is 3. The first kappa shape index (κ1) is 33.1. The maximum absolute atomic E-state index is 10.8. The Morgan fingerprint density at radius 2 is 1.70 bits per heavy atom. The summed E-state index contributed by atoms with van der Waals surface area (Å²) in [6.07, 6.45) is -3.41. The predicted octanol–water partition coefficient (Wildman–Crippen LogP) is -0.231. The van der Waals surface area contributed by atoms with Crippen LogP contribution in [0.15, 0.2) is 72.8 Å². The zero-order chi connectivity index (χ0) is 29.7. The van der Waals surface area contributed by atoms with Crippen molar-refractivity contribution < 1.29 is 58.4 Å². The van der Waals surface area contributed by atoms with Crippen LogP contribution >= 0.6 is 0 Å². The van der Waals surface area contributed by atoms with E-state index in [0.29, 0.717) is 31.2 Å². The van der Waals surface area contributed by atoms with Gasteiger partial charge in [-0.2, -0.15) is 0 Å². The topological polar surface area (TPSA) is 129 Å². The number of ether oxygens (including phenoxy) is 2. The Morgan fingerprint density at radius 1 is 0.953 bits per heavy atom. The quantitative estimate of drug-likeness (QED) is 0.0735. The van der Waals surface area contributed by atoms with Crippen molar-refractivity contribution in [2.75, 3.05) is 52.3 Å². The lowest BCUT2D eigenvalue weighted by atomic mass is 10.0. The van der Waals surface area contributed by atoms with Gasteiger partial charge in [0.05, 0.1) is 51.5 Å². The molecule has 11 heteroatoms. The Balaban J connectivity index is 0.00000423. The lowest BCUT2D eigenvalue weighted by molar-refractivity contribution is -0.890. The standard InChI is InChI=1S/C32H41N4O6.HI/c1-36(2,16-17-37)15-8-18-41-27-19-22(13-14-24(27)23-9-4-3-5-10-23)20-33-32-34-25-11-6-7-12-26(25)35(32)31-30(40)29(39)28(21-38)42-31;/h3-7,9-14,19,28-31,37-40H,8,15-18,20-21H2,1-2H3,(H,33,34);1H/q+1;/p-1/t28-,29-,30-,31-;/m1./s1. The second kappa shape index (κ2) is 14.8. The minimum Gasteiger partial charge on any atom is -1.00 e. The van der Waals surface area contributed by atoms with E-state index < -0.39 is 31.1 Å². The molecule has 4 aromatic rings. The van der Waals surface area contributed by atoms with Gasteiger partial charge in [-0.3, -0.25) is 4.57 Å². The number of para-hydroxylation sites is 2. The largest absolute Gasteiger partial charge is 1.00 e. The normalized spacial score (nSPS) is 20.2. The van der Waals surface area contributed by atoms with E-state index in [1.807, 2.05) is 54.6 Å². The number of aliphatic hydroxyl groups excluding tert-OH is 4. The summed E-state index contributed by atoms with van der Waals surface area (Å²) < 4.78 is 14.7. The van der Waals surface area contributed by atoms with Gasteiger partial charge in [0.2, 0.25) is 5.95 Å². The molecule has 232 valence electrons. The number of nitrogens with zero attached hydrogens (tertiary/aromatic N) is 3. The molecule has 10 nitrogen and oxygen atoms in total. The highest BCUT2D eigenvalue weighted by atomic mass is 127. The molecule has 0 unspecified atom stereocenters. The number of aliphatic hydroxyl groups is 4. The number of likely N-dealkylation sites (N-methyl/N-ethyl adjacent to an activating group) is 1. The summed E-state index contributed by atoms with van der Waals surface area (Å²) in [6.45, 7) is 2.31. The number of hydrogen-bond acceptors (Lipinski definition) is 8. The molecule has 43 heavy (non-hydrogen) atoms. The number of imidazole rings is 1. The summed E-state index contributed by atoms with van der Waals surface area (Å²) >= 11 is 0. The average molecular weight is 705 g/mol. The first-order valence-corrected chi connectivity index (χ1v) is 14.4. The summed E-state index contributed by atoms with van der Waals surface area (Å²) in [5.74, 6) is 1.26. The molecular weight excluding hydrogens is 663 g/mol. The highest BCUT2D eigenvalue weighted by molar-refractivity contribution is 5.79. The van der Waals surface area contributed by atoms with Gasteiger partial charge in [0.15, 0.2) is 6.23 Å². The van der Waals surface area contributed by atoms with Crippen LogP contribution in [0.3, 0.4) is 0 Å². The van der Waals surface area contributed by atoms with Gasteiger partial charge >= 0.3 is 0 Å². The molecule has 0 aliphatic carbocycles. The molecule has 1 fully saturated rings. The zero-order valence-corrected chi connectivity index (χ0v) is 26.7. The maximum atomic E-state index is 10.8. The highest BCUT2D eigenvalue weighted by Gasteiger charge is 2.44. The van der Waals surface area contributed by atoms with E-state index >= 15 is 0 Å². The summed E-state index contributed by atoms with van der Waals surface area (Å²) in [4.78, 5) is 4.73. The molecule has 3 aromatic carbocycles. The van der Waals surface area contributed by atoms with Gasteiger partial charge in [-0.1, -0.05) is 54.6 Å². The number of hydrogen-bond donors (Lipinski definition) is 5. The maximum Gasteiger partial charge on any atom is 0.206 e. The number of nitrogens with one attached hydrogen (secondary N) is 1. The molecule has 5 N–H and O–H groups in total. The Bertz CT molecular complexity index is 1470. The smallest absolute Gasteiger partial charge is 0.206 e. The van der Waals surface area contributed by atoms with Crippen molar-refractivity contribution in [3.8, 4) is 16.9 Å². The molecular formula is C32H41IN4O6. The molecule has 5 rings (SSSR count). The number of halogens is 1. The van der Waals surface area contributed by atoms with E-state index in [1.165, 1.54) is 0 Å². The summed E-state index contributed by atoms with van der Waals surface area (Å²) in [6, 6.07) is 23.8. The van der Waals surface area contributed by atoms with E-state index in [9.17, 15) is 20.4 Å². The number of quaternary nitrogens is 1. The minimum absolute atomic E-state index is 0. The molecule has 0 spiro atoms. The van der Waals surface area contributed by atoms with Gasteiger partial charge in [0, 0.05) is 18.5 Å². The average Bonchev–Trinajstić information content (AvgIpc) is 3.50. The van der Waals surface area contributed by atoms with Crippen LogP contribution in [0.1, 0.15) is 18.2 Å². The number of fused-ring (bicyclic) bond motifs is 1. The van der Waals surface area contributed by atoms with E-state index in [2.05, 4.69) is 37.6 Å². The zero-order valence-electron chi connectivity index (χ0n) is 24.5. The third kappa shape index (κ3) is 7.66. The third-order valence-electron chi connectivity index (χ3n) is 7.82. The van der Waals surface area contributed by atoms with Crippen LogP contribution in [0.5, 0.6) is 5.75 Å². The molecule has 1 aliphatic heterocycles. The van der Waals surface area contributed by atoms with Crippen molar-refractivity contribution in [1.29, 1.82) is 0 Å². The van der Waals surface area contributed by atoms with Gasteiger partial charge < -0.3 is 63.7 Å². The van der Waals surface area contributed by atoms with Crippen LogP contribution in [0.4, 0.5) is 5.95 Å². The molecule has 1 aromatic heterocycles. The fourth-order valence-electron chi connectivity index (χ4n) is 5.41. The van der Waals surface area contributed by atoms with E-state index in [4.69, 9.17) is 14.5 Å². The van der Waals surface area contributed by atoms with Gasteiger partial charge in [-0.25, -0.2) is 4.98 Å². The van der Waals surface area contributed by atoms with Crippen molar-refractivity contribution in [2.45, 2.75) is 37.5 Å². The second-order valence-corrected chi connectivity index (χ2v) is 11.4. The lowest BCUT2D eigenvalue weighted by Gasteiger charge is -2.28. The predicted molar refractivity (Wildman–Crippen MR) is 161 cm³/mol. The fraction of sp³-hybridized carbons (Fsp3) is 0.406. The molecule has 0 bridgehead atoms.